The number of nitrogens with one attached hydrogen (secondary N) is 1. The molecule has 1 aliphatic carbocycles. The van der Waals surface area contributed by atoms with Crippen LogP contribution in [0.3, 0.4) is 0 Å². The number of aryl methyl sites for hydroxylation is 1. The monoisotopic (exact) mass is 261 g/mol. The fraction of sp³-hybridized carbons (Fsp3) is 0.647. The molecule has 1 aromatic rings. The summed E-state index contributed by atoms with van der Waals surface area (Å²) in [5.74, 6) is 1.91. The molecule has 0 bridgehead atoms. The molecule has 1 aliphatic rings. The van der Waals surface area contributed by atoms with Crippen molar-refractivity contribution in [1.82, 2.24) is 5.32 Å². The number of ether oxygens (including phenoxy) is 1. The van der Waals surface area contributed by atoms with Gasteiger partial charge in [-0.2, -0.15) is 0 Å². The Morgan fingerprint density at radius 2 is 1.79 bits per heavy atom. The summed E-state index contributed by atoms with van der Waals surface area (Å²) in [4.78, 5) is 0. The van der Waals surface area contributed by atoms with Crippen molar-refractivity contribution in [2.45, 2.75) is 52.0 Å². The summed E-state index contributed by atoms with van der Waals surface area (Å²) in [7, 11) is 0. The van der Waals surface area contributed by atoms with Crippen LogP contribution in [0.15, 0.2) is 24.3 Å². The Morgan fingerprint density at radius 1 is 1.11 bits per heavy atom. The van der Waals surface area contributed by atoms with Gasteiger partial charge in [-0.1, -0.05) is 26.0 Å². The number of hydrogen-bond donors (Lipinski definition) is 1. The number of hydrogen-bond acceptors (Lipinski definition) is 2. The molecule has 0 amide bonds. The van der Waals surface area contributed by atoms with Gasteiger partial charge >= 0.3 is 0 Å². The Labute approximate surface area is 117 Å². The van der Waals surface area contributed by atoms with Crippen LogP contribution in [-0.4, -0.2) is 19.2 Å². The van der Waals surface area contributed by atoms with E-state index in [1.165, 1.54) is 31.2 Å². The van der Waals surface area contributed by atoms with E-state index in [1.54, 1.807) is 0 Å². The van der Waals surface area contributed by atoms with E-state index in [1.807, 2.05) is 0 Å². The molecule has 1 N–H and O–H groups in total. The molecule has 1 aromatic carbocycles. The molecule has 0 saturated heterocycles. The van der Waals surface area contributed by atoms with E-state index >= 15 is 0 Å². The molecule has 0 aromatic heterocycles. The molecule has 1 fully saturated rings. The highest BCUT2D eigenvalue weighted by Crippen LogP contribution is 2.23. The molecule has 2 rings (SSSR count). The molecular weight excluding hydrogens is 234 g/mol. The summed E-state index contributed by atoms with van der Waals surface area (Å²) >= 11 is 0. The van der Waals surface area contributed by atoms with Crippen LogP contribution in [0, 0.1) is 5.92 Å². The van der Waals surface area contributed by atoms with Gasteiger partial charge in [-0.05, 0) is 55.7 Å². The van der Waals surface area contributed by atoms with Crippen LogP contribution >= 0.6 is 0 Å². The highest BCUT2D eigenvalue weighted by molar-refractivity contribution is 5.27. The zero-order valence-electron chi connectivity index (χ0n) is 12.3. The van der Waals surface area contributed by atoms with Crippen molar-refractivity contribution in [3.63, 3.8) is 0 Å². The molecule has 2 heteroatoms. The fourth-order valence-corrected chi connectivity index (χ4v) is 2.72. The summed E-state index contributed by atoms with van der Waals surface area (Å²) < 4.78 is 5.76. The van der Waals surface area contributed by atoms with Gasteiger partial charge in [0.2, 0.25) is 0 Å². The zero-order valence-corrected chi connectivity index (χ0v) is 12.3. The minimum Gasteiger partial charge on any atom is -0.492 e. The summed E-state index contributed by atoms with van der Waals surface area (Å²) in [5.41, 5.74) is 1.36. The first kappa shape index (κ1) is 14.4. The van der Waals surface area contributed by atoms with E-state index in [4.69, 9.17) is 4.74 Å². The van der Waals surface area contributed by atoms with Crippen LogP contribution < -0.4 is 10.1 Å². The lowest BCUT2D eigenvalue weighted by Gasteiger charge is -2.27. The Bertz CT molecular complexity index is 352. The first-order chi connectivity index (χ1) is 9.28. The van der Waals surface area contributed by atoms with Crippen molar-refractivity contribution in [3.8, 4) is 5.75 Å². The molecule has 2 nitrogen and oxygen atoms in total. The quantitative estimate of drug-likeness (QED) is 0.787. The van der Waals surface area contributed by atoms with E-state index in [2.05, 4.69) is 43.4 Å². The largest absolute Gasteiger partial charge is 0.492 e. The molecule has 1 saturated carbocycles. The summed E-state index contributed by atoms with van der Waals surface area (Å²) in [6.07, 6.45) is 6.48. The molecule has 0 atom stereocenters. The van der Waals surface area contributed by atoms with Gasteiger partial charge in [0, 0.05) is 12.6 Å². The highest BCUT2D eigenvalue weighted by atomic mass is 16.5. The predicted molar refractivity (Wildman–Crippen MR) is 80.7 cm³/mol. The second-order valence-electron chi connectivity index (χ2n) is 5.76. The van der Waals surface area contributed by atoms with Crippen molar-refractivity contribution < 1.29 is 4.74 Å². The van der Waals surface area contributed by atoms with Crippen LogP contribution in [0.2, 0.25) is 0 Å². The van der Waals surface area contributed by atoms with Crippen molar-refractivity contribution in [2.24, 2.45) is 5.92 Å². The fourth-order valence-electron chi connectivity index (χ4n) is 2.72. The second kappa shape index (κ2) is 7.54. The normalized spacial score (nSPS) is 23.3. The third-order valence-corrected chi connectivity index (χ3v) is 4.15. The molecule has 0 heterocycles. The molecule has 0 unspecified atom stereocenters. The Morgan fingerprint density at radius 3 is 2.42 bits per heavy atom. The lowest BCUT2D eigenvalue weighted by atomic mass is 9.87. The van der Waals surface area contributed by atoms with Gasteiger partial charge < -0.3 is 10.1 Å². The summed E-state index contributed by atoms with van der Waals surface area (Å²) in [6, 6.07) is 9.14. The minimum atomic E-state index is 0.710. The van der Waals surface area contributed by atoms with Crippen molar-refractivity contribution >= 4 is 0 Å². The Balaban J connectivity index is 1.61. The third kappa shape index (κ3) is 4.87. The molecule has 0 aliphatic heterocycles. The van der Waals surface area contributed by atoms with Crippen molar-refractivity contribution in [3.05, 3.63) is 29.8 Å². The van der Waals surface area contributed by atoms with Crippen molar-refractivity contribution in [2.75, 3.05) is 13.2 Å². The van der Waals surface area contributed by atoms with Gasteiger partial charge in [-0.15, -0.1) is 0 Å². The van der Waals surface area contributed by atoms with Gasteiger partial charge in [0.25, 0.3) is 0 Å². The van der Waals surface area contributed by atoms with Crippen LogP contribution in [-0.2, 0) is 6.42 Å². The first-order valence-electron chi connectivity index (χ1n) is 7.73. The Kier molecular flexibility index (Phi) is 5.71. The maximum atomic E-state index is 5.76. The number of rotatable bonds is 6. The lowest BCUT2D eigenvalue weighted by Crippen LogP contribution is -2.35. The average Bonchev–Trinajstić information content (AvgIpc) is 2.46. The van der Waals surface area contributed by atoms with E-state index < -0.39 is 0 Å². The smallest absolute Gasteiger partial charge is 0.119 e. The molecule has 106 valence electrons. The number of benzene rings is 1. The van der Waals surface area contributed by atoms with Gasteiger partial charge in [0.1, 0.15) is 12.4 Å². The SMILES string of the molecule is CCc1ccc(OCCNC2CCC(C)CC2)cc1. The van der Waals surface area contributed by atoms with Crippen LogP contribution in [0.5, 0.6) is 5.75 Å². The standard InChI is InChI=1S/C17H27NO/c1-3-15-6-10-17(11-7-15)19-13-12-18-16-8-4-14(2)5-9-16/h6-7,10-11,14,16,18H,3-5,8-9,12-13H2,1-2H3. The van der Waals surface area contributed by atoms with Crippen LogP contribution in [0.25, 0.3) is 0 Å². The first-order valence-corrected chi connectivity index (χ1v) is 7.73. The zero-order chi connectivity index (χ0) is 13.5. The summed E-state index contributed by atoms with van der Waals surface area (Å²) in [6.45, 7) is 6.25. The predicted octanol–water partition coefficient (Wildman–Crippen LogP) is 3.80. The maximum absolute atomic E-state index is 5.76. The van der Waals surface area contributed by atoms with Gasteiger partial charge in [0.15, 0.2) is 0 Å². The van der Waals surface area contributed by atoms with Crippen LogP contribution in [0.4, 0.5) is 0 Å². The topological polar surface area (TPSA) is 21.3 Å². The molecule has 0 radical (unpaired) electrons. The van der Waals surface area contributed by atoms with E-state index in [0.29, 0.717) is 6.04 Å². The minimum absolute atomic E-state index is 0.710. The van der Waals surface area contributed by atoms with E-state index in [-0.39, 0.29) is 0 Å². The second-order valence-corrected chi connectivity index (χ2v) is 5.76. The lowest BCUT2D eigenvalue weighted by molar-refractivity contribution is 0.270. The average molecular weight is 261 g/mol. The van der Waals surface area contributed by atoms with E-state index in [9.17, 15) is 0 Å². The molecule has 19 heavy (non-hydrogen) atoms. The van der Waals surface area contributed by atoms with Gasteiger partial charge in [-0.3, -0.25) is 0 Å². The van der Waals surface area contributed by atoms with Gasteiger partial charge in [-0.25, -0.2) is 0 Å². The van der Waals surface area contributed by atoms with Crippen LogP contribution in [0.1, 0.15) is 45.1 Å². The maximum Gasteiger partial charge on any atom is 0.119 e. The Hall–Kier alpha value is -1.02. The van der Waals surface area contributed by atoms with E-state index in [0.717, 1.165) is 31.2 Å². The third-order valence-electron chi connectivity index (χ3n) is 4.15. The van der Waals surface area contributed by atoms with Crippen molar-refractivity contribution in [1.29, 1.82) is 0 Å². The molecule has 0 spiro atoms. The molecular formula is C17H27NO. The highest BCUT2D eigenvalue weighted by Gasteiger charge is 2.17. The van der Waals surface area contributed by atoms with Gasteiger partial charge in [0.05, 0.1) is 0 Å². The summed E-state index contributed by atoms with van der Waals surface area (Å²) in [5, 5.41) is 3.61.